The summed E-state index contributed by atoms with van der Waals surface area (Å²) in [5.41, 5.74) is 3.22. The second-order valence-corrected chi connectivity index (χ2v) is 8.32. The van der Waals surface area contributed by atoms with Gasteiger partial charge in [0.15, 0.2) is 10.3 Å². The van der Waals surface area contributed by atoms with Gasteiger partial charge >= 0.3 is 0 Å². The molecule has 3 aromatic rings. The first-order valence-electron chi connectivity index (χ1n) is 8.64. The van der Waals surface area contributed by atoms with E-state index in [2.05, 4.69) is 20.3 Å². The van der Waals surface area contributed by atoms with Gasteiger partial charge in [-0.15, -0.1) is 11.3 Å². The van der Waals surface area contributed by atoms with Crippen molar-refractivity contribution in [1.29, 1.82) is 0 Å². The molecule has 0 aliphatic heterocycles. The molecule has 1 aliphatic rings. The van der Waals surface area contributed by atoms with Crippen LogP contribution in [-0.4, -0.2) is 26.6 Å². The van der Waals surface area contributed by atoms with Crippen molar-refractivity contribution in [2.24, 2.45) is 0 Å². The van der Waals surface area contributed by atoms with Crippen molar-refractivity contribution in [3.8, 4) is 0 Å². The van der Waals surface area contributed by atoms with Crippen LogP contribution >= 0.6 is 23.1 Å². The number of nitrogens with one attached hydrogen (secondary N) is 2. The quantitative estimate of drug-likeness (QED) is 0.497. The molecule has 0 saturated carbocycles. The highest BCUT2D eigenvalue weighted by Gasteiger charge is 2.16. The van der Waals surface area contributed by atoms with E-state index in [4.69, 9.17) is 0 Å². The molecule has 0 bridgehead atoms. The highest BCUT2D eigenvalue weighted by Crippen LogP contribution is 2.29. The molecule has 0 fully saturated rings. The molecule has 2 N–H and O–H groups in total. The Morgan fingerprint density at radius 3 is 3.00 bits per heavy atom. The minimum absolute atomic E-state index is 0.0521. The predicted octanol–water partition coefficient (Wildman–Crippen LogP) is 4.41. The number of benzene rings is 1. The summed E-state index contributed by atoms with van der Waals surface area (Å²) in [6.45, 7) is 0. The molecule has 0 atom stereocenters. The van der Waals surface area contributed by atoms with Gasteiger partial charge < -0.3 is 10.3 Å². The number of fused-ring (bicyclic) bond motifs is 2. The molecule has 1 aromatic carbocycles. The highest BCUT2D eigenvalue weighted by atomic mass is 32.2. The Morgan fingerprint density at radius 1 is 1.24 bits per heavy atom. The van der Waals surface area contributed by atoms with Gasteiger partial charge in [-0.25, -0.2) is 9.97 Å². The van der Waals surface area contributed by atoms with Gasteiger partial charge in [0, 0.05) is 17.1 Å². The van der Waals surface area contributed by atoms with Gasteiger partial charge in [0.2, 0.25) is 5.91 Å². The maximum atomic E-state index is 12.1. The number of para-hydroxylation sites is 2. The average Bonchev–Trinajstić information content (AvgIpc) is 3.21. The van der Waals surface area contributed by atoms with Gasteiger partial charge in [0.25, 0.3) is 0 Å². The summed E-state index contributed by atoms with van der Waals surface area (Å²) in [5.74, 6) is 0.915. The van der Waals surface area contributed by atoms with Crippen LogP contribution in [0.15, 0.2) is 29.4 Å². The second kappa shape index (κ2) is 7.58. The van der Waals surface area contributed by atoms with Gasteiger partial charge in [-0.05, 0) is 44.2 Å². The second-order valence-electron chi connectivity index (χ2n) is 6.16. The number of aryl methyl sites for hydroxylation is 2. The van der Waals surface area contributed by atoms with Crippen LogP contribution in [0.3, 0.4) is 0 Å². The fourth-order valence-electron chi connectivity index (χ4n) is 2.99. The molecular formula is C18H20N4OS2. The number of aromatic amines is 1. The number of amides is 1. The maximum Gasteiger partial charge on any atom is 0.226 e. The van der Waals surface area contributed by atoms with Crippen molar-refractivity contribution in [3.63, 3.8) is 0 Å². The summed E-state index contributed by atoms with van der Waals surface area (Å²) < 4.78 is 0. The maximum absolute atomic E-state index is 12.1. The first kappa shape index (κ1) is 16.6. The number of thiazole rings is 1. The van der Waals surface area contributed by atoms with Crippen molar-refractivity contribution in [2.75, 3.05) is 11.1 Å². The first-order chi connectivity index (χ1) is 12.3. The smallest absolute Gasteiger partial charge is 0.226 e. The van der Waals surface area contributed by atoms with Gasteiger partial charge in [-0.3, -0.25) is 4.79 Å². The van der Waals surface area contributed by atoms with E-state index in [1.807, 2.05) is 24.3 Å². The Morgan fingerprint density at radius 2 is 2.12 bits per heavy atom. The molecule has 0 spiro atoms. The van der Waals surface area contributed by atoms with E-state index in [0.717, 1.165) is 46.3 Å². The molecular weight excluding hydrogens is 352 g/mol. The molecule has 1 amide bonds. The molecule has 2 heterocycles. The third-order valence-corrected chi connectivity index (χ3v) is 6.28. The van der Waals surface area contributed by atoms with Crippen LogP contribution in [0.25, 0.3) is 11.0 Å². The van der Waals surface area contributed by atoms with E-state index in [1.54, 1.807) is 23.1 Å². The van der Waals surface area contributed by atoms with Crippen LogP contribution in [0.2, 0.25) is 0 Å². The summed E-state index contributed by atoms with van der Waals surface area (Å²) >= 11 is 3.30. The summed E-state index contributed by atoms with van der Waals surface area (Å²) in [7, 11) is 0. The number of carbonyl (C=O) groups excluding carboxylic acids is 1. The standard InChI is InChI=1S/C18H20N4OS2/c23-16(22-18-21-14-8-3-4-9-15(14)25-18)10-5-11-24-17-19-12-6-1-2-7-13(12)20-17/h1-2,6-7H,3-5,8-11H2,(H,19,20)(H,21,22,23). The molecule has 0 unspecified atom stereocenters. The fourth-order valence-corrected chi connectivity index (χ4v) is 4.88. The molecule has 2 aromatic heterocycles. The third kappa shape index (κ3) is 4.04. The van der Waals surface area contributed by atoms with Crippen LogP contribution in [0.5, 0.6) is 0 Å². The SMILES string of the molecule is O=C(CCCSc1nc2ccccc2[nH]1)Nc1nc2c(s1)CCCC2. The predicted molar refractivity (Wildman–Crippen MR) is 103 cm³/mol. The number of rotatable bonds is 6. The molecule has 7 heteroatoms. The topological polar surface area (TPSA) is 70.7 Å². The lowest BCUT2D eigenvalue weighted by molar-refractivity contribution is -0.116. The van der Waals surface area contributed by atoms with Crippen LogP contribution in [0.4, 0.5) is 5.13 Å². The number of imidazole rings is 1. The number of H-pyrrole nitrogens is 1. The lowest BCUT2D eigenvalue weighted by Gasteiger charge is -2.06. The Balaban J connectivity index is 1.23. The van der Waals surface area contributed by atoms with Crippen LogP contribution in [-0.2, 0) is 17.6 Å². The Labute approximate surface area is 154 Å². The first-order valence-corrected chi connectivity index (χ1v) is 10.4. The number of thioether (sulfide) groups is 1. The van der Waals surface area contributed by atoms with E-state index in [9.17, 15) is 4.79 Å². The summed E-state index contributed by atoms with van der Waals surface area (Å²) in [6.07, 6.45) is 5.94. The largest absolute Gasteiger partial charge is 0.333 e. The molecule has 130 valence electrons. The van der Waals surface area contributed by atoms with Gasteiger partial charge in [-0.2, -0.15) is 0 Å². The molecule has 0 saturated heterocycles. The van der Waals surface area contributed by atoms with E-state index in [0.29, 0.717) is 6.42 Å². The van der Waals surface area contributed by atoms with Crippen molar-refractivity contribution in [1.82, 2.24) is 15.0 Å². The number of nitrogens with zero attached hydrogens (tertiary/aromatic N) is 2. The van der Waals surface area contributed by atoms with Crippen LogP contribution < -0.4 is 5.32 Å². The Hall–Kier alpha value is -1.86. The Bertz CT molecular complexity index is 830. The van der Waals surface area contributed by atoms with Crippen LogP contribution in [0.1, 0.15) is 36.3 Å². The summed E-state index contributed by atoms with van der Waals surface area (Å²) in [5, 5.41) is 4.63. The fraction of sp³-hybridized carbons (Fsp3) is 0.389. The number of anilines is 1. The zero-order valence-electron chi connectivity index (χ0n) is 13.9. The zero-order valence-corrected chi connectivity index (χ0v) is 15.5. The highest BCUT2D eigenvalue weighted by molar-refractivity contribution is 7.99. The lowest BCUT2D eigenvalue weighted by atomic mass is 10.0. The number of carbonyl (C=O) groups is 1. The normalized spacial score (nSPS) is 13.8. The van der Waals surface area contributed by atoms with Crippen molar-refractivity contribution in [2.45, 2.75) is 43.7 Å². The molecule has 5 nitrogen and oxygen atoms in total. The minimum atomic E-state index is 0.0521. The third-order valence-electron chi connectivity index (χ3n) is 4.25. The lowest BCUT2D eigenvalue weighted by Crippen LogP contribution is -2.11. The van der Waals surface area contributed by atoms with Crippen molar-refractivity contribution < 1.29 is 4.79 Å². The van der Waals surface area contributed by atoms with E-state index < -0.39 is 0 Å². The van der Waals surface area contributed by atoms with Crippen LogP contribution in [0, 0.1) is 0 Å². The minimum Gasteiger partial charge on any atom is -0.333 e. The van der Waals surface area contributed by atoms with Gasteiger partial charge in [-0.1, -0.05) is 23.9 Å². The van der Waals surface area contributed by atoms with E-state index >= 15 is 0 Å². The number of hydrogen-bond donors (Lipinski definition) is 2. The number of aromatic nitrogens is 3. The summed E-state index contributed by atoms with van der Waals surface area (Å²) in [4.78, 5) is 25.8. The van der Waals surface area contributed by atoms with Gasteiger partial charge in [0.05, 0.1) is 16.7 Å². The monoisotopic (exact) mass is 372 g/mol. The summed E-state index contributed by atoms with van der Waals surface area (Å²) in [6, 6.07) is 8.00. The van der Waals surface area contributed by atoms with E-state index in [-0.39, 0.29) is 5.91 Å². The molecule has 0 radical (unpaired) electrons. The zero-order chi connectivity index (χ0) is 17.1. The Kier molecular flexibility index (Phi) is 5.03. The van der Waals surface area contributed by atoms with Gasteiger partial charge in [0.1, 0.15) is 0 Å². The van der Waals surface area contributed by atoms with E-state index in [1.165, 1.54) is 23.4 Å². The molecule has 4 rings (SSSR count). The molecule has 1 aliphatic carbocycles. The average molecular weight is 373 g/mol. The molecule has 25 heavy (non-hydrogen) atoms. The van der Waals surface area contributed by atoms with Crippen molar-refractivity contribution in [3.05, 3.63) is 34.8 Å². The number of hydrogen-bond acceptors (Lipinski definition) is 5. The van der Waals surface area contributed by atoms with Crippen molar-refractivity contribution >= 4 is 45.2 Å².